The van der Waals surface area contributed by atoms with E-state index in [4.69, 9.17) is 11.6 Å². The van der Waals surface area contributed by atoms with Crippen molar-refractivity contribution in [2.45, 2.75) is 13.8 Å². The minimum atomic E-state index is -0.795. The number of halogens is 2. The Morgan fingerprint density at radius 3 is 2.53 bits per heavy atom. The number of hydrogen-bond acceptors (Lipinski definition) is 4. The third kappa shape index (κ3) is 3.02. The topological polar surface area (TPSA) is 68.1 Å². The SMILES string of the molecule is CC.CNc1c([N+](=O)[O-])ncc(F)c1Cl. The van der Waals surface area contributed by atoms with E-state index in [1.807, 2.05) is 13.8 Å². The molecule has 0 saturated carbocycles. The largest absolute Gasteiger partial charge is 0.388 e. The third-order valence-corrected chi connectivity index (χ3v) is 1.75. The van der Waals surface area contributed by atoms with Gasteiger partial charge in [0.25, 0.3) is 0 Å². The van der Waals surface area contributed by atoms with Gasteiger partial charge in [0.05, 0.1) is 0 Å². The zero-order valence-electron chi connectivity index (χ0n) is 8.54. The summed E-state index contributed by atoms with van der Waals surface area (Å²) in [6.45, 7) is 4.00. The lowest BCUT2D eigenvalue weighted by molar-refractivity contribution is -0.388. The molecule has 1 N–H and O–H groups in total. The van der Waals surface area contributed by atoms with Gasteiger partial charge in [-0.05, 0) is 9.91 Å². The maximum Gasteiger partial charge on any atom is 0.388 e. The smallest absolute Gasteiger partial charge is 0.380 e. The molecule has 1 heterocycles. The van der Waals surface area contributed by atoms with Crippen LogP contribution in [0.15, 0.2) is 6.20 Å². The zero-order valence-corrected chi connectivity index (χ0v) is 9.30. The van der Waals surface area contributed by atoms with Gasteiger partial charge in [-0.25, -0.2) is 4.39 Å². The normalized spacial score (nSPS) is 8.87. The molecule has 0 saturated heterocycles. The van der Waals surface area contributed by atoms with E-state index in [-0.39, 0.29) is 10.7 Å². The second-order valence-corrected chi connectivity index (χ2v) is 2.50. The van der Waals surface area contributed by atoms with Gasteiger partial charge in [-0.2, -0.15) is 0 Å². The van der Waals surface area contributed by atoms with E-state index < -0.39 is 16.6 Å². The predicted molar refractivity (Wildman–Crippen MR) is 56.8 cm³/mol. The molecule has 0 radical (unpaired) electrons. The molecule has 0 spiro atoms. The monoisotopic (exact) mass is 235 g/mol. The summed E-state index contributed by atoms with van der Waals surface area (Å²) in [4.78, 5) is 12.9. The lowest BCUT2D eigenvalue weighted by Crippen LogP contribution is -2.01. The molecule has 0 aliphatic carbocycles. The molecule has 0 aliphatic heterocycles. The summed E-state index contributed by atoms with van der Waals surface area (Å²) >= 11 is 5.46. The average molecular weight is 236 g/mol. The van der Waals surface area contributed by atoms with Gasteiger partial charge in [-0.3, -0.25) is 0 Å². The molecule has 84 valence electrons. The highest BCUT2D eigenvalue weighted by molar-refractivity contribution is 6.33. The van der Waals surface area contributed by atoms with E-state index in [9.17, 15) is 14.5 Å². The minimum absolute atomic E-state index is 0.119. The molecule has 0 aromatic carbocycles. The summed E-state index contributed by atoms with van der Waals surface area (Å²) in [6.07, 6.45) is 0.710. The van der Waals surface area contributed by atoms with Crippen molar-refractivity contribution >= 4 is 23.1 Å². The summed E-state index contributed by atoms with van der Waals surface area (Å²) in [5, 5.41) is 12.4. The van der Waals surface area contributed by atoms with Gasteiger partial charge in [0.1, 0.15) is 5.02 Å². The van der Waals surface area contributed by atoms with Crippen molar-refractivity contribution in [3.8, 4) is 0 Å². The van der Waals surface area contributed by atoms with Crippen molar-refractivity contribution in [3.63, 3.8) is 0 Å². The highest BCUT2D eigenvalue weighted by Gasteiger charge is 2.20. The highest BCUT2D eigenvalue weighted by Crippen LogP contribution is 2.31. The van der Waals surface area contributed by atoms with E-state index >= 15 is 0 Å². The van der Waals surface area contributed by atoms with Gasteiger partial charge in [-0.15, -0.1) is 0 Å². The van der Waals surface area contributed by atoms with E-state index in [2.05, 4.69) is 10.3 Å². The first-order valence-electron chi connectivity index (χ1n) is 4.24. The molecule has 0 atom stereocenters. The van der Waals surface area contributed by atoms with Crippen LogP contribution in [-0.2, 0) is 0 Å². The van der Waals surface area contributed by atoms with E-state index in [0.717, 1.165) is 0 Å². The fraction of sp³-hybridized carbons (Fsp3) is 0.375. The molecule has 0 bridgehead atoms. The summed E-state index contributed by atoms with van der Waals surface area (Å²) in [5.74, 6) is -1.29. The van der Waals surface area contributed by atoms with Crippen LogP contribution in [-0.4, -0.2) is 17.0 Å². The van der Waals surface area contributed by atoms with Crippen LogP contribution in [0.25, 0.3) is 0 Å². The van der Waals surface area contributed by atoms with E-state index in [1.165, 1.54) is 7.05 Å². The van der Waals surface area contributed by atoms with Crippen molar-refractivity contribution < 1.29 is 9.31 Å². The number of nitrogens with one attached hydrogen (secondary N) is 1. The number of pyridine rings is 1. The van der Waals surface area contributed by atoms with Gasteiger partial charge in [0.15, 0.2) is 17.7 Å². The molecule has 0 fully saturated rings. The molecule has 7 heteroatoms. The van der Waals surface area contributed by atoms with Crippen LogP contribution in [0.1, 0.15) is 13.8 Å². The molecule has 0 aliphatic rings. The van der Waals surface area contributed by atoms with Gasteiger partial charge >= 0.3 is 5.82 Å². The van der Waals surface area contributed by atoms with Crippen molar-refractivity contribution in [3.05, 3.63) is 27.2 Å². The second kappa shape index (κ2) is 6.13. The Morgan fingerprint density at radius 1 is 1.60 bits per heavy atom. The molecular formula is C8H11ClFN3O2. The summed E-state index contributed by atoms with van der Waals surface area (Å²) in [5.41, 5.74) is -0.119. The maximum absolute atomic E-state index is 12.8. The van der Waals surface area contributed by atoms with Gasteiger partial charge in [0.2, 0.25) is 0 Å². The summed E-state index contributed by atoms with van der Waals surface area (Å²) < 4.78 is 12.8. The van der Waals surface area contributed by atoms with Crippen molar-refractivity contribution in [1.29, 1.82) is 0 Å². The number of nitro groups is 1. The highest BCUT2D eigenvalue weighted by atomic mass is 35.5. The van der Waals surface area contributed by atoms with Crippen LogP contribution in [0.4, 0.5) is 15.9 Å². The van der Waals surface area contributed by atoms with Crippen LogP contribution in [0.5, 0.6) is 0 Å². The van der Waals surface area contributed by atoms with Crippen LogP contribution in [0.3, 0.4) is 0 Å². The summed E-state index contributed by atoms with van der Waals surface area (Å²) in [7, 11) is 1.40. The molecular weight excluding hydrogens is 225 g/mol. The quantitative estimate of drug-likeness (QED) is 0.632. The number of rotatable bonds is 2. The molecule has 15 heavy (non-hydrogen) atoms. The zero-order chi connectivity index (χ0) is 12.0. The number of nitrogens with zero attached hydrogens (tertiary/aromatic N) is 2. The first-order valence-corrected chi connectivity index (χ1v) is 4.62. The fourth-order valence-electron chi connectivity index (χ4n) is 0.817. The lowest BCUT2D eigenvalue weighted by atomic mass is 10.4. The Labute approximate surface area is 91.4 Å². The fourth-order valence-corrected chi connectivity index (χ4v) is 1.04. The molecule has 1 aromatic rings. The number of hydrogen-bond donors (Lipinski definition) is 1. The predicted octanol–water partition coefficient (Wildman–Crippen LogP) is 2.85. The third-order valence-electron chi connectivity index (χ3n) is 1.38. The van der Waals surface area contributed by atoms with Gasteiger partial charge in [-0.1, -0.05) is 25.4 Å². The molecule has 1 rings (SSSR count). The second-order valence-electron chi connectivity index (χ2n) is 2.13. The van der Waals surface area contributed by atoms with Crippen LogP contribution >= 0.6 is 11.6 Å². The van der Waals surface area contributed by atoms with E-state index in [0.29, 0.717) is 6.20 Å². The standard InChI is InChI=1S/C6H5ClFN3O2.C2H6/c1-9-5-4(7)3(8)2-10-6(5)11(12)13;1-2/h2,9H,1H3;1-2H3. The minimum Gasteiger partial charge on any atom is -0.380 e. The molecule has 1 aromatic heterocycles. The Hall–Kier alpha value is -1.43. The van der Waals surface area contributed by atoms with E-state index in [1.54, 1.807) is 0 Å². The Kier molecular flexibility index (Phi) is 5.54. The van der Waals surface area contributed by atoms with Crippen molar-refractivity contribution in [1.82, 2.24) is 4.98 Å². The van der Waals surface area contributed by atoms with Gasteiger partial charge < -0.3 is 15.4 Å². The Bertz CT molecular complexity index is 360. The first-order chi connectivity index (χ1) is 7.07. The van der Waals surface area contributed by atoms with Crippen molar-refractivity contribution in [2.75, 3.05) is 12.4 Å². The van der Waals surface area contributed by atoms with Gasteiger partial charge in [0, 0.05) is 7.05 Å². The lowest BCUT2D eigenvalue weighted by Gasteiger charge is -2.02. The first kappa shape index (κ1) is 13.6. The Morgan fingerprint density at radius 2 is 2.13 bits per heavy atom. The average Bonchev–Trinajstić information content (AvgIpc) is 2.24. The van der Waals surface area contributed by atoms with Crippen LogP contribution in [0, 0.1) is 15.9 Å². The number of anilines is 1. The van der Waals surface area contributed by atoms with Crippen LogP contribution < -0.4 is 5.32 Å². The number of aromatic nitrogens is 1. The van der Waals surface area contributed by atoms with Crippen molar-refractivity contribution in [2.24, 2.45) is 0 Å². The molecule has 5 nitrogen and oxygen atoms in total. The molecule has 0 amide bonds. The summed E-state index contributed by atoms with van der Waals surface area (Å²) in [6, 6.07) is 0. The molecule has 0 unspecified atom stereocenters. The van der Waals surface area contributed by atoms with Crippen LogP contribution in [0.2, 0.25) is 5.02 Å². The maximum atomic E-state index is 12.8. The Balaban J connectivity index is 0.000000921.